The second kappa shape index (κ2) is 5.19. The van der Waals surface area contributed by atoms with Gasteiger partial charge in [-0.1, -0.05) is 6.07 Å². The summed E-state index contributed by atoms with van der Waals surface area (Å²) < 4.78 is 12.9. The van der Waals surface area contributed by atoms with E-state index in [1.54, 1.807) is 12.3 Å². The highest BCUT2D eigenvalue weighted by Crippen LogP contribution is 2.21. The number of imidazole rings is 1. The van der Waals surface area contributed by atoms with Crippen molar-refractivity contribution < 1.29 is 4.21 Å². The summed E-state index contributed by atoms with van der Waals surface area (Å²) in [6.07, 6.45) is 2.46. The van der Waals surface area contributed by atoms with Crippen LogP contribution < -0.4 is 5.73 Å². The van der Waals surface area contributed by atoms with Crippen LogP contribution in [0.1, 0.15) is 12.0 Å². The zero-order valence-corrected chi connectivity index (χ0v) is 10.9. The Hall–Kier alpha value is -1.87. The quantitative estimate of drug-likeness (QED) is 0.898. The molecule has 18 heavy (non-hydrogen) atoms. The third kappa shape index (κ3) is 2.36. The first-order valence-electron chi connectivity index (χ1n) is 5.58. The summed E-state index contributed by atoms with van der Waals surface area (Å²) in [5.41, 5.74) is 7.87. The van der Waals surface area contributed by atoms with Crippen molar-refractivity contribution in [3.05, 3.63) is 23.8 Å². The number of nitrogens with two attached hydrogens (primary N) is 1. The van der Waals surface area contributed by atoms with Crippen LogP contribution >= 0.6 is 0 Å². The van der Waals surface area contributed by atoms with Gasteiger partial charge in [-0.25, -0.2) is 4.98 Å². The molecule has 6 heteroatoms. The fraction of sp³-hybridized carbons (Fsp3) is 0.333. The number of nitrogen functional groups attached to an aromatic ring is 1. The molecule has 2 aromatic rings. The number of hydrogen-bond donors (Lipinski definition) is 1. The molecule has 0 aliphatic heterocycles. The average Bonchev–Trinajstić information content (AvgIpc) is 2.65. The minimum atomic E-state index is -0.800. The predicted molar refractivity (Wildman–Crippen MR) is 72.4 cm³/mol. The Morgan fingerprint density at radius 2 is 2.33 bits per heavy atom. The van der Waals surface area contributed by atoms with E-state index in [0.717, 1.165) is 11.9 Å². The van der Waals surface area contributed by atoms with E-state index in [4.69, 9.17) is 11.0 Å². The average molecular weight is 262 g/mol. The summed E-state index contributed by atoms with van der Waals surface area (Å²) in [7, 11) is -0.800. The van der Waals surface area contributed by atoms with Gasteiger partial charge in [0.2, 0.25) is 5.95 Å². The molecule has 2 N–H and O–H groups in total. The van der Waals surface area contributed by atoms with Crippen LogP contribution in [0.15, 0.2) is 18.2 Å². The van der Waals surface area contributed by atoms with Crippen LogP contribution in [0.25, 0.3) is 11.0 Å². The highest BCUT2D eigenvalue weighted by molar-refractivity contribution is 7.84. The van der Waals surface area contributed by atoms with Crippen LogP contribution in [0.5, 0.6) is 0 Å². The van der Waals surface area contributed by atoms with E-state index in [9.17, 15) is 4.21 Å². The van der Waals surface area contributed by atoms with E-state index >= 15 is 0 Å². The van der Waals surface area contributed by atoms with E-state index in [1.165, 1.54) is 0 Å². The second-order valence-electron chi connectivity index (χ2n) is 4.04. The number of aryl methyl sites for hydroxylation is 1. The van der Waals surface area contributed by atoms with Crippen LogP contribution in [0.2, 0.25) is 0 Å². The Kier molecular flexibility index (Phi) is 3.63. The standard InChI is InChI=1S/C12H14N4OS/c1-18(17)7-3-6-16-10-5-2-4-9(8-13)11(10)15-12(16)14/h2,4-5H,3,6-7H2,1H3,(H2,14,15). The van der Waals surface area contributed by atoms with Gasteiger partial charge in [0.05, 0.1) is 11.1 Å². The Balaban J connectivity index is 2.36. The van der Waals surface area contributed by atoms with Gasteiger partial charge in [0.25, 0.3) is 0 Å². The summed E-state index contributed by atoms with van der Waals surface area (Å²) >= 11 is 0. The van der Waals surface area contributed by atoms with E-state index in [-0.39, 0.29) is 0 Å². The Bertz CT molecular complexity index is 641. The maximum absolute atomic E-state index is 11.0. The van der Waals surface area contributed by atoms with Crippen molar-refractivity contribution in [3.63, 3.8) is 0 Å². The largest absolute Gasteiger partial charge is 0.369 e. The van der Waals surface area contributed by atoms with Crippen LogP contribution in [0.3, 0.4) is 0 Å². The monoisotopic (exact) mass is 262 g/mol. The third-order valence-corrected chi connectivity index (χ3v) is 3.61. The van der Waals surface area contributed by atoms with Gasteiger partial charge in [-0.2, -0.15) is 5.26 Å². The SMILES string of the molecule is CS(=O)CCCn1c(N)nc2c(C#N)cccc21. The van der Waals surface area contributed by atoms with Gasteiger partial charge < -0.3 is 10.3 Å². The topological polar surface area (TPSA) is 84.7 Å². The fourth-order valence-electron chi connectivity index (χ4n) is 1.92. The molecule has 0 spiro atoms. The van der Waals surface area contributed by atoms with Crippen LogP contribution in [0, 0.1) is 11.3 Å². The van der Waals surface area contributed by atoms with Gasteiger partial charge in [0, 0.05) is 29.4 Å². The van der Waals surface area contributed by atoms with E-state index in [0.29, 0.717) is 29.3 Å². The predicted octanol–water partition coefficient (Wildman–Crippen LogP) is 1.26. The Morgan fingerprint density at radius 3 is 3.00 bits per heavy atom. The number of fused-ring (bicyclic) bond motifs is 1. The number of nitrogens with zero attached hydrogens (tertiary/aromatic N) is 3. The van der Waals surface area contributed by atoms with Gasteiger partial charge in [0.1, 0.15) is 11.6 Å². The molecule has 1 atom stereocenters. The van der Waals surface area contributed by atoms with Crippen molar-refractivity contribution in [1.29, 1.82) is 5.26 Å². The molecule has 2 rings (SSSR count). The number of benzene rings is 1. The van der Waals surface area contributed by atoms with Crippen molar-refractivity contribution in [2.45, 2.75) is 13.0 Å². The van der Waals surface area contributed by atoms with Crippen LogP contribution in [-0.4, -0.2) is 25.8 Å². The maximum atomic E-state index is 11.0. The van der Waals surface area contributed by atoms with E-state index in [1.807, 2.05) is 16.7 Å². The first-order valence-corrected chi connectivity index (χ1v) is 7.31. The summed E-state index contributed by atoms with van der Waals surface area (Å²) in [6, 6.07) is 7.53. The van der Waals surface area contributed by atoms with Gasteiger partial charge in [-0.15, -0.1) is 0 Å². The molecular formula is C12H14N4OS. The van der Waals surface area contributed by atoms with Gasteiger partial charge in [-0.3, -0.25) is 4.21 Å². The summed E-state index contributed by atoms with van der Waals surface area (Å²) in [6.45, 7) is 0.663. The Labute approximate surface area is 108 Å². The molecule has 1 aromatic heterocycles. The van der Waals surface area contributed by atoms with Gasteiger partial charge >= 0.3 is 0 Å². The molecule has 94 valence electrons. The first kappa shape index (κ1) is 12.6. The fourth-order valence-corrected chi connectivity index (χ4v) is 2.45. The number of para-hydroxylation sites is 1. The molecule has 0 fully saturated rings. The molecule has 1 unspecified atom stereocenters. The van der Waals surface area contributed by atoms with Crippen molar-refractivity contribution in [1.82, 2.24) is 9.55 Å². The number of hydrogen-bond acceptors (Lipinski definition) is 4. The number of aromatic nitrogens is 2. The van der Waals surface area contributed by atoms with Crippen molar-refractivity contribution in [2.24, 2.45) is 0 Å². The van der Waals surface area contributed by atoms with Gasteiger partial charge in [0.15, 0.2) is 0 Å². The van der Waals surface area contributed by atoms with Crippen molar-refractivity contribution >= 4 is 27.8 Å². The van der Waals surface area contributed by atoms with Crippen LogP contribution in [0.4, 0.5) is 5.95 Å². The first-order chi connectivity index (χ1) is 8.63. The smallest absolute Gasteiger partial charge is 0.201 e. The summed E-state index contributed by atoms with van der Waals surface area (Å²) in [4.78, 5) is 4.22. The molecule has 0 aliphatic carbocycles. The zero-order valence-electron chi connectivity index (χ0n) is 10.1. The maximum Gasteiger partial charge on any atom is 0.201 e. The third-order valence-electron chi connectivity index (χ3n) is 2.74. The minimum absolute atomic E-state index is 0.398. The number of anilines is 1. The Morgan fingerprint density at radius 1 is 1.56 bits per heavy atom. The lowest BCUT2D eigenvalue weighted by Gasteiger charge is -2.05. The lowest BCUT2D eigenvalue weighted by molar-refractivity contribution is 0.671. The molecule has 0 amide bonds. The van der Waals surface area contributed by atoms with Crippen molar-refractivity contribution in [2.75, 3.05) is 17.7 Å². The minimum Gasteiger partial charge on any atom is -0.369 e. The molecular weight excluding hydrogens is 248 g/mol. The lowest BCUT2D eigenvalue weighted by Crippen LogP contribution is -2.06. The second-order valence-corrected chi connectivity index (χ2v) is 5.59. The molecule has 1 heterocycles. The summed E-state index contributed by atoms with van der Waals surface area (Å²) in [5.74, 6) is 1.03. The number of rotatable bonds is 4. The molecule has 0 saturated heterocycles. The summed E-state index contributed by atoms with van der Waals surface area (Å²) in [5, 5.41) is 9.00. The van der Waals surface area contributed by atoms with Crippen LogP contribution in [-0.2, 0) is 17.3 Å². The number of nitriles is 1. The van der Waals surface area contributed by atoms with Crippen molar-refractivity contribution in [3.8, 4) is 6.07 Å². The molecule has 0 bridgehead atoms. The molecule has 0 aliphatic rings. The molecule has 0 saturated carbocycles. The molecule has 5 nitrogen and oxygen atoms in total. The lowest BCUT2D eigenvalue weighted by atomic mass is 10.2. The van der Waals surface area contributed by atoms with Gasteiger partial charge in [-0.05, 0) is 18.6 Å². The normalized spacial score (nSPS) is 12.4. The highest BCUT2D eigenvalue weighted by atomic mass is 32.2. The molecule has 0 radical (unpaired) electrons. The van der Waals surface area contributed by atoms with E-state index < -0.39 is 10.8 Å². The van der Waals surface area contributed by atoms with E-state index in [2.05, 4.69) is 11.1 Å². The highest BCUT2D eigenvalue weighted by Gasteiger charge is 2.10. The molecule has 1 aromatic carbocycles. The zero-order chi connectivity index (χ0) is 13.1.